The highest BCUT2D eigenvalue weighted by Crippen LogP contribution is 2.45. The van der Waals surface area contributed by atoms with Gasteiger partial charge in [-0.25, -0.2) is 0 Å². The topological polar surface area (TPSA) is 97.0 Å². The van der Waals surface area contributed by atoms with Crippen LogP contribution in [0.1, 0.15) is 37.5 Å². The Balaban J connectivity index is 2.01. The van der Waals surface area contributed by atoms with Crippen LogP contribution in [0.4, 0.5) is 0 Å². The van der Waals surface area contributed by atoms with Gasteiger partial charge in [0.15, 0.2) is 0 Å². The summed E-state index contributed by atoms with van der Waals surface area (Å²) >= 11 is 1.19. The second-order valence-corrected chi connectivity index (χ2v) is 8.65. The van der Waals surface area contributed by atoms with Crippen molar-refractivity contribution < 1.29 is 9.59 Å². The zero-order valence-electron chi connectivity index (χ0n) is 15.9. The number of rotatable bonds is 4. The third-order valence-electron chi connectivity index (χ3n) is 5.31. The van der Waals surface area contributed by atoms with Crippen LogP contribution in [0, 0.1) is 34.0 Å². The molecule has 0 aromatic heterocycles. The predicted molar refractivity (Wildman–Crippen MR) is 106 cm³/mol. The van der Waals surface area contributed by atoms with Crippen LogP contribution < -0.4 is 5.32 Å². The average Bonchev–Trinajstić information content (AvgIpc) is 3.20. The molecule has 2 aliphatic heterocycles. The summed E-state index contributed by atoms with van der Waals surface area (Å²) in [5.74, 6) is -1.40. The molecule has 144 valence electrons. The van der Waals surface area contributed by atoms with E-state index in [1.807, 2.05) is 41.3 Å². The van der Waals surface area contributed by atoms with Gasteiger partial charge in [-0.15, -0.1) is 0 Å². The molecule has 6 nitrogen and oxygen atoms in total. The van der Waals surface area contributed by atoms with E-state index >= 15 is 0 Å². The van der Waals surface area contributed by atoms with Gasteiger partial charge >= 0.3 is 0 Å². The van der Waals surface area contributed by atoms with Crippen LogP contribution in [0.2, 0.25) is 0 Å². The van der Waals surface area contributed by atoms with Crippen molar-refractivity contribution >= 4 is 23.6 Å². The van der Waals surface area contributed by atoms with Crippen LogP contribution in [0.25, 0.3) is 0 Å². The van der Waals surface area contributed by atoms with Crippen LogP contribution in [0.15, 0.2) is 40.9 Å². The summed E-state index contributed by atoms with van der Waals surface area (Å²) in [6, 6.07) is 13.5. The van der Waals surface area contributed by atoms with E-state index < -0.39 is 22.5 Å². The van der Waals surface area contributed by atoms with E-state index in [2.05, 4.69) is 11.4 Å². The van der Waals surface area contributed by atoms with E-state index in [9.17, 15) is 20.1 Å². The lowest BCUT2D eigenvalue weighted by atomic mass is 9.72. The average molecular weight is 394 g/mol. The first-order chi connectivity index (χ1) is 13.4. The van der Waals surface area contributed by atoms with Gasteiger partial charge in [0, 0.05) is 18.5 Å². The lowest BCUT2D eigenvalue weighted by molar-refractivity contribution is -0.129. The zero-order valence-corrected chi connectivity index (χ0v) is 16.8. The van der Waals surface area contributed by atoms with Gasteiger partial charge < -0.3 is 10.2 Å². The summed E-state index contributed by atoms with van der Waals surface area (Å²) in [5.41, 5.74) is 0.231. The number of thioether (sulfide) groups is 1. The molecule has 1 saturated heterocycles. The molecule has 0 unspecified atom stereocenters. The Morgan fingerprint density at radius 1 is 1.25 bits per heavy atom. The highest BCUT2D eigenvalue weighted by atomic mass is 32.2. The number of benzene rings is 1. The summed E-state index contributed by atoms with van der Waals surface area (Å²) < 4.78 is 0. The van der Waals surface area contributed by atoms with Crippen LogP contribution in [-0.4, -0.2) is 29.8 Å². The van der Waals surface area contributed by atoms with E-state index in [0.29, 0.717) is 10.6 Å². The number of carbonyl (C=O) groups excluding carboxylic acids is 2. The third-order valence-corrected chi connectivity index (χ3v) is 6.56. The number of amides is 2. The Kier molecular flexibility index (Phi) is 5.76. The lowest BCUT2D eigenvalue weighted by Crippen LogP contribution is -2.45. The molecule has 0 aliphatic carbocycles. The number of nitriles is 2. The largest absolute Gasteiger partial charge is 0.341 e. The maximum atomic E-state index is 13.2. The van der Waals surface area contributed by atoms with Crippen molar-refractivity contribution in [2.75, 3.05) is 13.1 Å². The van der Waals surface area contributed by atoms with E-state index in [1.54, 1.807) is 13.8 Å². The third kappa shape index (κ3) is 3.63. The number of hydrogen-bond acceptors (Lipinski definition) is 5. The first kappa shape index (κ1) is 20.0. The molecule has 3 rings (SSSR count). The Labute approximate surface area is 169 Å². The van der Waals surface area contributed by atoms with E-state index in [0.717, 1.165) is 31.5 Å². The van der Waals surface area contributed by atoms with Crippen molar-refractivity contribution in [1.29, 1.82) is 10.5 Å². The molecule has 0 spiro atoms. The maximum Gasteiger partial charge on any atom is 0.243 e. The molecule has 1 aromatic rings. The second-order valence-electron chi connectivity index (χ2n) is 7.53. The number of carbonyl (C=O) groups is 2. The summed E-state index contributed by atoms with van der Waals surface area (Å²) in [5, 5.41) is 21.6. The molecule has 1 N–H and O–H groups in total. The van der Waals surface area contributed by atoms with Crippen LogP contribution in [-0.2, 0) is 9.59 Å². The molecule has 2 atom stereocenters. The zero-order chi connectivity index (χ0) is 20.3. The van der Waals surface area contributed by atoms with Crippen molar-refractivity contribution in [2.45, 2.75) is 31.9 Å². The standard InChI is InChI=1S/C21H22N4O2S/c1-21(2)15(12-22)18(26)24-19(16(21)13-23)28-17(14-8-4-3-5-9-14)20(27)25-10-6-7-11-25/h3-5,8-9,15,17H,6-7,10-11H2,1-2H3,(H,24,26)/t15-,17+/m0/s1. The summed E-state index contributed by atoms with van der Waals surface area (Å²) in [7, 11) is 0. The molecule has 0 saturated carbocycles. The van der Waals surface area contributed by atoms with E-state index in [1.165, 1.54) is 11.8 Å². The van der Waals surface area contributed by atoms with Gasteiger partial charge in [-0.3, -0.25) is 9.59 Å². The number of likely N-dealkylation sites (tertiary alicyclic amines) is 1. The molecule has 2 amide bonds. The van der Waals surface area contributed by atoms with Gasteiger partial charge in [-0.2, -0.15) is 10.5 Å². The normalized spacial score (nSPS) is 22.2. The number of nitrogens with zero attached hydrogens (tertiary/aromatic N) is 3. The number of hydrogen-bond donors (Lipinski definition) is 1. The Hall–Kier alpha value is -2.77. The number of nitrogens with one attached hydrogen (secondary N) is 1. The second kappa shape index (κ2) is 8.08. The van der Waals surface area contributed by atoms with Crippen LogP contribution in [0.3, 0.4) is 0 Å². The van der Waals surface area contributed by atoms with Gasteiger partial charge in [0.25, 0.3) is 0 Å². The Bertz CT molecular complexity index is 889. The molecule has 1 aromatic carbocycles. The SMILES string of the molecule is CC1(C)C(C#N)=C(S[C@@H](C(=O)N2CCCC2)c2ccccc2)NC(=O)[C@@H]1C#N. The van der Waals surface area contributed by atoms with Crippen molar-refractivity contribution in [3.8, 4) is 12.1 Å². The van der Waals surface area contributed by atoms with Crippen LogP contribution >= 0.6 is 11.8 Å². The smallest absolute Gasteiger partial charge is 0.243 e. The quantitative estimate of drug-likeness (QED) is 0.846. The van der Waals surface area contributed by atoms with Gasteiger partial charge in [0.05, 0.1) is 22.7 Å². The first-order valence-corrected chi connectivity index (χ1v) is 10.1. The highest BCUT2D eigenvalue weighted by Gasteiger charge is 2.45. The maximum absolute atomic E-state index is 13.2. The van der Waals surface area contributed by atoms with Gasteiger partial charge in [0.1, 0.15) is 11.2 Å². The molecular formula is C21H22N4O2S. The van der Waals surface area contributed by atoms with E-state index in [-0.39, 0.29) is 5.91 Å². The molecule has 0 radical (unpaired) electrons. The molecule has 2 heterocycles. The number of allylic oxidation sites excluding steroid dienone is 1. The molecule has 0 bridgehead atoms. The lowest BCUT2D eigenvalue weighted by Gasteiger charge is -2.35. The van der Waals surface area contributed by atoms with Gasteiger partial charge in [0.2, 0.25) is 11.8 Å². The van der Waals surface area contributed by atoms with Crippen molar-refractivity contribution in [3.63, 3.8) is 0 Å². The van der Waals surface area contributed by atoms with E-state index in [4.69, 9.17) is 0 Å². The molecule has 1 fully saturated rings. The van der Waals surface area contributed by atoms with Crippen molar-refractivity contribution in [3.05, 3.63) is 46.5 Å². The fraction of sp³-hybridized carbons (Fsp3) is 0.429. The van der Waals surface area contributed by atoms with Crippen molar-refractivity contribution in [2.24, 2.45) is 11.3 Å². The predicted octanol–water partition coefficient (Wildman–Crippen LogP) is 3.11. The highest BCUT2D eigenvalue weighted by molar-refractivity contribution is 8.03. The van der Waals surface area contributed by atoms with Crippen molar-refractivity contribution in [1.82, 2.24) is 10.2 Å². The molecule has 2 aliphatic rings. The Morgan fingerprint density at radius 3 is 2.46 bits per heavy atom. The minimum atomic E-state index is -0.948. The Morgan fingerprint density at radius 2 is 1.89 bits per heavy atom. The monoisotopic (exact) mass is 394 g/mol. The summed E-state index contributed by atoms with van der Waals surface area (Å²) in [6.45, 7) is 4.89. The fourth-order valence-corrected chi connectivity index (χ4v) is 4.99. The molecular weight excluding hydrogens is 372 g/mol. The molecule has 7 heteroatoms. The van der Waals surface area contributed by atoms with Crippen LogP contribution in [0.5, 0.6) is 0 Å². The first-order valence-electron chi connectivity index (χ1n) is 9.26. The fourth-order valence-electron chi connectivity index (χ4n) is 3.62. The summed E-state index contributed by atoms with van der Waals surface area (Å²) in [4.78, 5) is 27.5. The van der Waals surface area contributed by atoms with Gasteiger partial charge in [-0.05, 0) is 18.4 Å². The van der Waals surface area contributed by atoms with Gasteiger partial charge in [-0.1, -0.05) is 55.9 Å². The summed E-state index contributed by atoms with van der Waals surface area (Å²) in [6.07, 6.45) is 1.97. The minimum Gasteiger partial charge on any atom is -0.341 e. The molecule has 28 heavy (non-hydrogen) atoms. The minimum absolute atomic E-state index is 0.0204.